The van der Waals surface area contributed by atoms with Crippen LogP contribution in [0.25, 0.3) is 0 Å². The van der Waals surface area contributed by atoms with E-state index in [1.165, 1.54) is 0 Å². The van der Waals surface area contributed by atoms with Crippen LogP contribution < -0.4 is 15.5 Å². The Balaban J connectivity index is 1.61. The van der Waals surface area contributed by atoms with Gasteiger partial charge in [0.05, 0.1) is 23.7 Å². The van der Waals surface area contributed by atoms with Gasteiger partial charge in [-0.05, 0) is 48.9 Å². The Morgan fingerprint density at radius 1 is 1.22 bits per heavy atom. The molecule has 1 aromatic carbocycles. The van der Waals surface area contributed by atoms with Crippen LogP contribution in [0, 0.1) is 5.41 Å². The predicted molar refractivity (Wildman–Crippen MR) is 121 cm³/mol. The van der Waals surface area contributed by atoms with Gasteiger partial charge in [-0.3, -0.25) is 9.69 Å². The molecule has 0 saturated carbocycles. The molecule has 2 atom stereocenters. The van der Waals surface area contributed by atoms with Gasteiger partial charge >= 0.3 is 6.03 Å². The lowest BCUT2D eigenvalue weighted by Gasteiger charge is -2.36. The van der Waals surface area contributed by atoms with Crippen LogP contribution in [0.1, 0.15) is 51.3 Å². The van der Waals surface area contributed by atoms with Gasteiger partial charge in [0, 0.05) is 30.8 Å². The standard InChI is InChI=1S/C25H29N3O4/c1-25(2)13-18-22(20(29)14-25)23(21-10-6-12-32-21)28(19-9-4-3-8-17(19)27-18)24(30)26-15-16-7-5-11-31-16/h3-4,6,8-10,12,16,23,27H,5,7,11,13-15H2,1-2H3,(H,26,30)/t16-,23+/m0/s1. The number of furan rings is 1. The molecule has 3 heterocycles. The summed E-state index contributed by atoms with van der Waals surface area (Å²) in [5.41, 5.74) is 2.80. The van der Waals surface area contributed by atoms with Crippen molar-refractivity contribution in [2.24, 2.45) is 5.41 Å². The summed E-state index contributed by atoms with van der Waals surface area (Å²) in [5, 5.41) is 6.53. The number of ketones is 1. The number of para-hydroxylation sites is 2. The molecule has 1 aliphatic carbocycles. The number of amides is 2. The van der Waals surface area contributed by atoms with Gasteiger partial charge in [-0.25, -0.2) is 4.79 Å². The number of carbonyl (C=O) groups is 2. The highest BCUT2D eigenvalue weighted by Crippen LogP contribution is 2.48. The first-order valence-electron chi connectivity index (χ1n) is 11.3. The molecule has 2 N–H and O–H groups in total. The van der Waals surface area contributed by atoms with Crippen molar-refractivity contribution in [2.75, 3.05) is 23.4 Å². The molecular weight excluding hydrogens is 406 g/mol. The van der Waals surface area contributed by atoms with Gasteiger partial charge in [0.1, 0.15) is 11.8 Å². The molecule has 3 aliphatic rings. The van der Waals surface area contributed by atoms with Gasteiger partial charge < -0.3 is 19.8 Å². The molecule has 7 nitrogen and oxygen atoms in total. The SMILES string of the molecule is CC1(C)CC(=O)C2=C(C1)Nc1ccccc1N(C(=O)NC[C@@H]1CCCO1)[C@@H]2c1ccco1. The molecule has 2 amide bonds. The van der Waals surface area contributed by atoms with E-state index in [-0.39, 0.29) is 23.3 Å². The summed E-state index contributed by atoms with van der Waals surface area (Å²) in [5.74, 6) is 0.603. The van der Waals surface area contributed by atoms with E-state index < -0.39 is 6.04 Å². The van der Waals surface area contributed by atoms with Crippen molar-refractivity contribution in [3.63, 3.8) is 0 Å². The highest BCUT2D eigenvalue weighted by Gasteiger charge is 2.44. The average Bonchev–Trinajstić information content (AvgIpc) is 3.43. The Morgan fingerprint density at radius 3 is 2.81 bits per heavy atom. The van der Waals surface area contributed by atoms with Crippen molar-refractivity contribution in [1.82, 2.24) is 5.32 Å². The second-order valence-corrected chi connectivity index (χ2v) is 9.58. The molecule has 7 heteroatoms. The van der Waals surface area contributed by atoms with Gasteiger partial charge in [0.15, 0.2) is 5.78 Å². The second-order valence-electron chi connectivity index (χ2n) is 9.58. The minimum absolute atomic E-state index is 0.0215. The van der Waals surface area contributed by atoms with Gasteiger partial charge in [0.25, 0.3) is 0 Å². The average molecular weight is 436 g/mol. The van der Waals surface area contributed by atoms with E-state index in [4.69, 9.17) is 9.15 Å². The van der Waals surface area contributed by atoms with E-state index in [9.17, 15) is 9.59 Å². The molecule has 0 radical (unpaired) electrons. The summed E-state index contributed by atoms with van der Waals surface area (Å²) in [6, 6.07) is 10.4. The molecule has 168 valence electrons. The summed E-state index contributed by atoms with van der Waals surface area (Å²) < 4.78 is 11.5. The molecule has 1 aromatic heterocycles. The fraction of sp³-hybridized carbons (Fsp3) is 0.440. The van der Waals surface area contributed by atoms with Crippen LogP contribution in [0.5, 0.6) is 0 Å². The van der Waals surface area contributed by atoms with Crippen LogP contribution in [0.3, 0.4) is 0 Å². The van der Waals surface area contributed by atoms with Crippen LogP contribution in [0.4, 0.5) is 16.2 Å². The molecule has 1 saturated heterocycles. The maximum absolute atomic E-state index is 13.6. The maximum Gasteiger partial charge on any atom is 0.323 e. The van der Waals surface area contributed by atoms with Crippen molar-refractivity contribution in [2.45, 2.75) is 51.7 Å². The number of rotatable bonds is 3. The highest BCUT2D eigenvalue weighted by molar-refractivity contribution is 6.05. The largest absolute Gasteiger partial charge is 0.467 e. The molecular formula is C25H29N3O4. The lowest BCUT2D eigenvalue weighted by molar-refractivity contribution is -0.118. The number of nitrogens with zero attached hydrogens (tertiary/aromatic N) is 1. The van der Waals surface area contributed by atoms with E-state index >= 15 is 0 Å². The minimum Gasteiger partial charge on any atom is -0.467 e. The third-order valence-electron chi connectivity index (χ3n) is 6.44. The van der Waals surface area contributed by atoms with Gasteiger partial charge in [-0.2, -0.15) is 0 Å². The maximum atomic E-state index is 13.6. The van der Waals surface area contributed by atoms with Gasteiger partial charge in [-0.15, -0.1) is 0 Å². The molecule has 1 fully saturated rings. The number of Topliss-reactive ketones (excluding diaryl/α,β-unsaturated/α-hetero) is 1. The lowest BCUT2D eigenvalue weighted by atomic mass is 9.74. The Labute approximate surface area is 187 Å². The van der Waals surface area contributed by atoms with E-state index in [1.54, 1.807) is 17.2 Å². The first kappa shape index (κ1) is 20.8. The Hall–Kier alpha value is -3.06. The Morgan fingerprint density at radius 2 is 2.06 bits per heavy atom. The fourth-order valence-electron chi connectivity index (χ4n) is 5.02. The first-order chi connectivity index (χ1) is 15.4. The van der Waals surface area contributed by atoms with Crippen molar-refractivity contribution in [3.8, 4) is 0 Å². The van der Waals surface area contributed by atoms with Crippen LogP contribution in [-0.4, -0.2) is 31.1 Å². The monoisotopic (exact) mass is 435 g/mol. The quantitative estimate of drug-likeness (QED) is 0.725. The minimum atomic E-state index is -0.649. The summed E-state index contributed by atoms with van der Waals surface area (Å²) in [6.45, 7) is 5.36. The van der Waals surface area contributed by atoms with Crippen molar-refractivity contribution >= 4 is 23.2 Å². The number of benzene rings is 1. The third-order valence-corrected chi connectivity index (χ3v) is 6.44. The predicted octanol–water partition coefficient (Wildman–Crippen LogP) is 4.78. The molecule has 5 rings (SSSR count). The number of nitrogens with one attached hydrogen (secondary N) is 2. The lowest BCUT2D eigenvalue weighted by Crippen LogP contribution is -2.46. The summed E-state index contributed by atoms with van der Waals surface area (Å²) >= 11 is 0. The molecule has 0 unspecified atom stereocenters. The van der Waals surface area contributed by atoms with Crippen LogP contribution in [-0.2, 0) is 9.53 Å². The molecule has 0 spiro atoms. The van der Waals surface area contributed by atoms with Crippen molar-refractivity contribution in [1.29, 1.82) is 0 Å². The van der Waals surface area contributed by atoms with E-state index in [0.29, 0.717) is 36.4 Å². The number of anilines is 2. The number of urea groups is 1. The fourth-order valence-corrected chi connectivity index (χ4v) is 5.02. The molecule has 2 aliphatic heterocycles. The van der Waals surface area contributed by atoms with Crippen LogP contribution >= 0.6 is 0 Å². The van der Waals surface area contributed by atoms with E-state index in [1.807, 2.05) is 30.3 Å². The smallest absolute Gasteiger partial charge is 0.323 e. The van der Waals surface area contributed by atoms with E-state index in [2.05, 4.69) is 24.5 Å². The van der Waals surface area contributed by atoms with E-state index in [0.717, 1.165) is 30.8 Å². The zero-order valence-corrected chi connectivity index (χ0v) is 18.5. The molecule has 0 bridgehead atoms. The highest BCUT2D eigenvalue weighted by atomic mass is 16.5. The number of carbonyl (C=O) groups excluding carboxylic acids is 2. The summed E-state index contributed by atoms with van der Waals surface area (Å²) in [4.78, 5) is 28.8. The van der Waals surface area contributed by atoms with Crippen molar-refractivity contribution < 1.29 is 18.7 Å². The first-order valence-corrected chi connectivity index (χ1v) is 11.3. The van der Waals surface area contributed by atoms with Gasteiger partial charge in [0.2, 0.25) is 0 Å². The number of allylic oxidation sites excluding steroid dienone is 1. The van der Waals surface area contributed by atoms with Crippen molar-refractivity contribution in [3.05, 3.63) is 59.7 Å². The number of hydrogen-bond acceptors (Lipinski definition) is 5. The second kappa shape index (κ2) is 8.13. The Bertz CT molecular complexity index is 1050. The number of ether oxygens (including phenoxy) is 1. The van der Waals surface area contributed by atoms with Gasteiger partial charge in [-0.1, -0.05) is 26.0 Å². The van der Waals surface area contributed by atoms with Crippen LogP contribution in [0.2, 0.25) is 0 Å². The topological polar surface area (TPSA) is 83.8 Å². The molecule has 2 aromatic rings. The number of fused-ring (bicyclic) bond motifs is 1. The normalized spacial score (nSPS) is 24.4. The molecule has 32 heavy (non-hydrogen) atoms. The summed E-state index contributed by atoms with van der Waals surface area (Å²) in [6.07, 6.45) is 4.68. The third kappa shape index (κ3) is 3.81. The number of hydrogen-bond donors (Lipinski definition) is 2. The Kier molecular flexibility index (Phi) is 5.29. The van der Waals surface area contributed by atoms with Crippen LogP contribution in [0.15, 0.2) is 58.3 Å². The zero-order chi connectivity index (χ0) is 22.3. The zero-order valence-electron chi connectivity index (χ0n) is 18.5. The summed E-state index contributed by atoms with van der Waals surface area (Å²) in [7, 11) is 0.